The van der Waals surface area contributed by atoms with Gasteiger partial charge in [-0.05, 0) is 23.3 Å². The number of aromatic amines is 1. The van der Waals surface area contributed by atoms with Crippen molar-refractivity contribution in [2.75, 3.05) is 0 Å². The monoisotopic (exact) mass is 489 g/mol. The Kier molecular flexibility index (Phi) is 6.09. The van der Waals surface area contributed by atoms with E-state index in [9.17, 15) is 18.4 Å². The summed E-state index contributed by atoms with van der Waals surface area (Å²) in [6, 6.07) is 12.0. The van der Waals surface area contributed by atoms with Crippen molar-refractivity contribution >= 4 is 17.6 Å². The summed E-state index contributed by atoms with van der Waals surface area (Å²) >= 11 is 0. The first-order valence-corrected chi connectivity index (χ1v) is 10.6. The Morgan fingerprint density at radius 3 is 2.36 bits per heavy atom. The Hall–Kier alpha value is -5.07. The highest BCUT2D eigenvalue weighted by atomic mass is 19.2. The van der Waals surface area contributed by atoms with Crippen LogP contribution >= 0.6 is 0 Å². The fourth-order valence-corrected chi connectivity index (χ4v) is 3.41. The highest BCUT2D eigenvalue weighted by Crippen LogP contribution is 2.15. The molecule has 180 valence electrons. The Balaban J connectivity index is 1.29. The maximum atomic E-state index is 13.4. The van der Waals surface area contributed by atoms with Gasteiger partial charge in [-0.3, -0.25) is 14.7 Å². The standard InChI is InChI=1S/C23H17F2N9O2/c24-16-6-3-14(7-17(16)25)10-26-21(35)18-8-19(34-23(32-18)29-12-31-34)22(36)27-9-13-1-4-15(5-2-13)20-28-11-30-33-20/h1-8,11-12H,9-10H2,(H,26,35)(H,27,36)(H,28,30,33). The van der Waals surface area contributed by atoms with Crippen molar-refractivity contribution in [3.05, 3.63) is 95.3 Å². The summed E-state index contributed by atoms with van der Waals surface area (Å²) in [5, 5.41) is 16.0. The third-order valence-corrected chi connectivity index (χ3v) is 5.25. The van der Waals surface area contributed by atoms with Crippen LogP contribution in [0.25, 0.3) is 17.2 Å². The Bertz CT molecular complexity index is 1550. The first kappa shape index (κ1) is 22.7. The predicted octanol–water partition coefficient (Wildman–Crippen LogP) is 2.05. The number of fused-ring (bicyclic) bond motifs is 1. The van der Waals surface area contributed by atoms with Crippen molar-refractivity contribution in [3.63, 3.8) is 0 Å². The molecule has 0 spiro atoms. The molecule has 0 aliphatic rings. The predicted molar refractivity (Wildman–Crippen MR) is 121 cm³/mol. The molecular weight excluding hydrogens is 472 g/mol. The molecule has 0 bridgehead atoms. The van der Waals surface area contributed by atoms with Gasteiger partial charge in [0.1, 0.15) is 24.0 Å². The van der Waals surface area contributed by atoms with Crippen LogP contribution in [-0.2, 0) is 13.1 Å². The number of rotatable bonds is 7. The summed E-state index contributed by atoms with van der Waals surface area (Å²) in [6.07, 6.45) is 2.63. The molecule has 0 aliphatic heterocycles. The van der Waals surface area contributed by atoms with Gasteiger partial charge < -0.3 is 10.6 Å². The minimum atomic E-state index is -1.02. The molecule has 0 fully saturated rings. The summed E-state index contributed by atoms with van der Waals surface area (Å²) in [6.45, 7) is 0.146. The lowest BCUT2D eigenvalue weighted by Crippen LogP contribution is -2.28. The van der Waals surface area contributed by atoms with E-state index in [2.05, 4.69) is 40.9 Å². The number of hydrogen-bond donors (Lipinski definition) is 3. The van der Waals surface area contributed by atoms with Gasteiger partial charge in [-0.25, -0.2) is 18.7 Å². The third-order valence-electron chi connectivity index (χ3n) is 5.25. The fraction of sp³-hybridized carbons (Fsp3) is 0.0870. The van der Waals surface area contributed by atoms with Gasteiger partial charge in [0.2, 0.25) is 0 Å². The highest BCUT2D eigenvalue weighted by Gasteiger charge is 2.18. The number of benzene rings is 2. The molecule has 2 amide bonds. The molecule has 13 heteroatoms. The molecule has 11 nitrogen and oxygen atoms in total. The van der Waals surface area contributed by atoms with E-state index in [4.69, 9.17) is 0 Å². The number of halogens is 2. The molecule has 36 heavy (non-hydrogen) atoms. The van der Waals surface area contributed by atoms with Crippen LogP contribution in [0.2, 0.25) is 0 Å². The van der Waals surface area contributed by atoms with E-state index in [0.29, 0.717) is 11.4 Å². The normalized spacial score (nSPS) is 10.9. The molecule has 3 aromatic heterocycles. The zero-order valence-electron chi connectivity index (χ0n) is 18.4. The molecule has 0 aliphatic carbocycles. The number of nitrogens with one attached hydrogen (secondary N) is 3. The number of carbonyl (C=O) groups excluding carboxylic acids is 2. The summed E-state index contributed by atoms with van der Waals surface area (Å²) in [5.41, 5.74) is 2.01. The summed E-state index contributed by atoms with van der Waals surface area (Å²) in [4.78, 5) is 37.8. The molecular formula is C23H17F2N9O2. The van der Waals surface area contributed by atoms with E-state index in [1.807, 2.05) is 24.3 Å². The molecule has 0 atom stereocenters. The van der Waals surface area contributed by atoms with Crippen molar-refractivity contribution in [2.45, 2.75) is 13.1 Å². The number of amides is 2. The summed E-state index contributed by atoms with van der Waals surface area (Å²) in [7, 11) is 0. The van der Waals surface area contributed by atoms with E-state index in [1.54, 1.807) is 0 Å². The van der Waals surface area contributed by atoms with Crippen molar-refractivity contribution in [3.8, 4) is 11.4 Å². The molecule has 2 aromatic carbocycles. The molecule has 0 saturated heterocycles. The Morgan fingerprint density at radius 1 is 0.861 bits per heavy atom. The molecule has 5 aromatic rings. The van der Waals surface area contributed by atoms with Crippen LogP contribution in [0.5, 0.6) is 0 Å². The maximum Gasteiger partial charge on any atom is 0.270 e. The zero-order valence-corrected chi connectivity index (χ0v) is 18.4. The Morgan fingerprint density at radius 2 is 1.61 bits per heavy atom. The van der Waals surface area contributed by atoms with Crippen molar-refractivity contribution in [1.82, 2.24) is 45.4 Å². The highest BCUT2D eigenvalue weighted by molar-refractivity contribution is 5.98. The van der Waals surface area contributed by atoms with Crippen molar-refractivity contribution in [2.24, 2.45) is 0 Å². The van der Waals surface area contributed by atoms with E-state index >= 15 is 0 Å². The van der Waals surface area contributed by atoms with Crippen molar-refractivity contribution in [1.29, 1.82) is 0 Å². The second-order valence-electron chi connectivity index (χ2n) is 7.64. The summed E-state index contributed by atoms with van der Waals surface area (Å²) in [5.74, 6) is -2.44. The number of H-pyrrole nitrogens is 1. The van der Waals surface area contributed by atoms with E-state index < -0.39 is 23.4 Å². The van der Waals surface area contributed by atoms with Gasteiger partial charge in [-0.2, -0.15) is 19.7 Å². The smallest absolute Gasteiger partial charge is 0.270 e. The van der Waals surface area contributed by atoms with E-state index in [-0.39, 0.29) is 30.3 Å². The number of aromatic nitrogens is 7. The number of hydrogen-bond acceptors (Lipinski definition) is 7. The molecule has 5 rings (SSSR count). The van der Waals surface area contributed by atoms with E-state index in [0.717, 1.165) is 23.3 Å². The SMILES string of the molecule is O=C(NCc1ccc(F)c(F)c1)c1cc(C(=O)NCc2ccc(-c3ncn[nH]3)cc2)n2ncnc2n1. The van der Waals surface area contributed by atoms with Crippen LogP contribution < -0.4 is 10.6 Å². The van der Waals surface area contributed by atoms with Gasteiger partial charge >= 0.3 is 0 Å². The van der Waals surface area contributed by atoms with Crippen LogP contribution in [0.3, 0.4) is 0 Å². The lowest BCUT2D eigenvalue weighted by Gasteiger charge is -2.10. The first-order chi connectivity index (χ1) is 17.5. The largest absolute Gasteiger partial charge is 0.347 e. The Labute approximate surface area is 201 Å². The topological polar surface area (TPSA) is 143 Å². The average molecular weight is 489 g/mol. The van der Waals surface area contributed by atoms with Crippen LogP contribution in [0.1, 0.15) is 32.1 Å². The maximum absolute atomic E-state index is 13.4. The lowest BCUT2D eigenvalue weighted by atomic mass is 10.1. The van der Waals surface area contributed by atoms with Crippen LogP contribution in [0.15, 0.2) is 61.2 Å². The molecule has 0 saturated carbocycles. The van der Waals surface area contributed by atoms with Crippen LogP contribution in [-0.4, -0.2) is 46.6 Å². The molecule has 3 N–H and O–H groups in total. The number of carbonyl (C=O) groups is 2. The van der Waals surface area contributed by atoms with Gasteiger partial charge in [0.25, 0.3) is 17.6 Å². The fourth-order valence-electron chi connectivity index (χ4n) is 3.41. The first-order valence-electron chi connectivity index (χ1n) is 10.6. The summed E-state index contributed by atoms with van der Waals surface area (Å²) < 4.78 is 27.8. The zero-order chi connectivity index (χ0) is 25.1. The quantitative estimate of drug-likeness (QED) is 0.318. The van der Waals surface area contributed by atoms with Crippen LogP contribution in [0, 0.1) is 11.6 Å². The third kappa shape index (κ3) is 4.75. The second-order valence-corrected chi connectivity index (χ2v) is 7.64. The van der Waals surface area contributed by atoms with Gasteiger partial charge in [0, 0.05) is 24.7 Å². The van der Waals surface area contributed by atoms with Gasteiger partial charge in [-0.1, -0.05) is 30.3 Å². The molecule has 0 unspecified atom stereocenters. The minimum absolute atomic E-state index is 0.0498. The van der Waals surface area contributed by atoms with Crippen LogP contribution in [0.4, 0.5) is 8.78 Å². The van der Waals surface area contributed by atoms with Gasteiger partial charge in [0.05, 0.1) is 0 Å². The molecule has 0 radical (unpaired) electrons. The second kappa shape index (κ2) is 9.66. The van der Waals surface area contributed by atoms with Gasteiger partial charge in [-0.15, -0.1) is 0 Å². The molecule has 3 heterocycles. The van der Waals surface area contributed by atoms with Gasteiger partial charge in [0.15, 0.2) is 17.5 Å². The van der Waals surface area contributed by atoms with E-state index in [1.165, 1.54) is 29.3 Å². The van der Waals surface area contributed by atoms with Crippen molar-refractivity contribution < 1.29 is 18.4 Å². The lowest BCUT2D eigenvalue weighted by molar-refractivity contribution is 0.0942. The number of nitrogens with zero attached hydrogens (tertiary/aromatic N) is 6. The minimum Gasteiger partial charge on any atom is -0.347 e. The average Bonchev–Trinajstić information content (AvgIpc) is 3.60.